The zero-order chi connectivity index (χ0) is 27.9. The third-order valence-corrected chi connectivity index (χ3v) is 12.8. The zero-order valence-electron chi connectivity index (χ0n) is 21.7. The number of sulfone groups is 1. The highest BCUT2D eigenvalue weighted by Crippen LogP contribution is 2.31. The van der Waals surface area contributed by atoms with Crippen molar-refractivity contribution >= 4 is 64.7 Å². The Kier molecular flexibility index (Phi) is 8.29. The van der Waals surface area contributed by atoms with Crippen LogP contribution in [0.1, 0.15) is 32.1 Å². The molecule has 3 unspecified atom stereocenters. The van der Waals surface area contributed by atoms with Crippen molar-refractivity contribution in [2.75, 3.05) is 45.5 Å². The standard InChI is InChI=1S/C25H33ClN4O6S3/c1-38(33,34)20-8-11-28(15-20)14-19-4-2-10-30(19)23(31)16-29-9-3-5-21(25(29)32)27-39(35,36)24-13-17-12-18(26)6-7-22(17)37-24/h6-7,12-13,19-21,27H,2-5,8-11,14-16H2,1H3. The summed E-state index contributed by atoms with van der Waals surface area (Å²) in [5.41, 5.74) is 0. The SMILES string of the molecule is CS(=O)(=O)C1CCN(CC2CCCN2C(=O)CN2CCCC(NS(=O)(=O)c3cc4cc(Cl)ccc4s3)C2=O)C1. The van der Waals surface area contributed by atoms with E-state index in [2.05, 4.69) is 9.62 Å². The molecule has 10 nitrogen and oxygen atoms in total. The van der Waals surface area contributed by atoms with Gasteiger partial charge in [-0.1, -0.05) is 11.6 Å². The quantitative estimate of drug-likeness (QED) is 0.481. The number of thiophene rings is 1. The lowest BCUT2D eigenvalue weighted by atomic mass is 10.1. The number of likely N-dealkylation sites (tertiary alicyclic amines) is 3. The summed E-state index contributed by atoms with van der Waals surface area (Å²) in [4.78, 5) is 31.9. The molecule has 3 aliphatic heterocycles. The minimum Gasteiger partial charge on any atom is -0.337 e. The molecule has 3 aliphatic rings. The third-order valence-electron chi connectivity index (χ3n) is 7.88. The van der Waals surface area contributed by atoms with Crippen molar-refractivity contribution in [3.63, 3.8) is 0 Å². The van der Waals surface area contributed by atoms with Crippen molar-refractivity contribution in [3.8, 4) is 0 Å². The van der Waals surface area contributed by atoms with E-state index in [-0.39, 0.29) is 28.0 Å². The number of amides is 2. The molecule has 4 heterocycles. The molecule has 0 saturated carbocycles. The molecular formula is C25H33ClN4O6S3. The van der Waals surface area contributed by atoms with Crippen LogP contribution < -0.4 is 4.72 Å². The first-order valence-electron chi connectivity index (χ1n) is 13.1. The Morgan fingerprint density at radius 2 is 1.85 bits per heavy atom. The number of hydrogen-bond acceptors (Lipinski definition) is 8. The maximum Gasteiger partial charge on any atom is 0.250 e. The molecule has 2 amide bonds. The molecule has 1 N–H and O–H groups in total. The monoisotopic (exact) mass is 616 g/mol. The van der Waals surface area contributed by atoms with Crippen LogP contribution in [0, 0.1) is 0 Å². The molecule has 0 aliphatic carbocycles. The van der Waals surface area contributed by atoms with E-state index in [1.807, 2.05) is 0 Å². The first-order valence-corrected chi connectivity index (χ1v) is 17.7. The molecule has 3 fully saturated rings. The van der Waals surface area contributed by atoms with Crippen molar-refractivity contribution in [1.82, 2.24) is 19.4 Å². The number of nitrogens with zero attached hydrogens (tertiary/aromatic N) is 3. The average Bonchev–Trinajstić information content (AvgIpc) is 3.61. The fourth-order valence-electron chi connectivity index (χ4n) is 5.79. The molecule has 214 valence electrons. The largest absolute Gasteiger partial charge is 0.337 e. The van der Waals surface area contributed by atoms with Gasteiger partial charge in [0.25, 0.3) is 10.0 Å². The van der Waals surface area contributed by atoms with Crippen molar-refractivity contribution in [1.29, 1.82) is 0 Å². The number of carbonyl (C=O) groups is 2. The van der Waals surface area contributed by atoms with E-state index >= 15 is 0 Å². The van der Waals surface area contributed by atoms with Gasteiger partial charge in [-0.15, -0.1) is 11.3 Å². The molecular weight excluding hydrogens is 584 g/mol. The molecule has 1 aromatic carbocycles. The normalized spacial score (nSPS) is 25.2. The van der Waals surface area contributed by atoms with E-state index in [0.717, 1.165) is 34.3 Å². The van der Waals surface area contributed by atoms with Crippen molar-refractivity contribution < 1.29 is 26.4 Å². The Morgan fingerprint density at radius 1 is 1.08 bits per heavy atom. The van der Waals surface area contributed by atoms with E-state index in [1.165, 1.54) is 11.2 Å². The van der Waals surface area contributed by atoms with Gasteiger partial charge in [0.15, 0.2) is 9.84 Å². The van der Waals surface area contributed by atoms with E-state index in [4.69, 9.17) is 11.6 Å². The van der Waals surface area contributed by atoms with Crippen LogP contribution in [0.3, 0.4) is 0 Å². The Bertz CT molecular complexity index is 1480. The van der Waals surface area contributed by atoms with Gasteiger partial charge in [-0.3, -0.25) is 14.5 Å². The summed E-state index contributed by atoms with van der Waals surface area (Å²) in [5.74, 6) is -0.553. The number of carbonyl (C=O) groups excluding carboxylic acids is 2. The number of fused-ring (bicyclic) bond motifs is 1. The van der Waals surface area contributed by atoms with Gasteiger partial charge in [0, 0.05) is 48.2 Å². The Balaban J connectivity index is 1.20. The lowest BCUT2D eigenvalue weighted by Crippen LogP contribution is -2.55. The summed E-state index contributed by atoms with van der Waals surface area (Å²) in [6, 6.07) is 5.76. The number of benzene rings is 1. The number of piperidine rings is 1. The number of halogens is 1. The number of sulfonamides is 1. The van der Waals surface area contributed by atoms with Gasteiger partial charge in [0.05, 0.1) is 11.8 Å². The highest BCUT2D eigenvalue weighted by atomic mass is 35.5. The van der Waals surface area contributed by atoms with Crippen LogP contribution in [0.5, 0.6) is 0 Å². The van der Waals surface area contributed by atoms with Crippen LogP contribution in [0.25, 0.3) is 10.1 Å². The Hall–Kier alpha value is -1.77. The fourth-order valence-corrected chi connectivity index (χ4v) is 9.61. The molecule has 5 rings (SSSR count). The lowest BCUT2D eigenvalue weighted by molar-refractivity contribution is -0.143. The minimum atomic E-state index is -3.94. The van der Waals surface area contributed by atoms with Gasteiger partial charge in [0.1, 0.15) is 10.3 Å². The smallest absolute Gasteiger partial charge is 0.250 e. The number of rotatable bonds is 8. The minimum absolute atomic E-state index is 0.0218. The summed E-state index contributed by atoms with van der Waals surface area (Å²) in [6.07, 6.45) is 4.52. The second-order valence-corrected chi connectivity index (χ2v) is 16.5. The van der Waals surface area contributed by atoms with Crippen LogP contribution >= 0.6 is 22.9 Å². The van der Waals surface area contributed by atoms with Gasteiger partial charge in [-0.2, -0.15) is 4.72 Å². The van der Waals surface area contributed by atoms with Crippen molar-refractivity contribution in [2.24, 2.45) is 0 Å². The highest BCUT2D eigenvalue weighted by Gasteiger charge is 2.38. The van der Waals surface area contributed by atoms with E-state index < -0.39 is 31.8 Å². The van der Waals surface area contributed by atoms with Crippen LogP contribution in [-0.2, 0) is 29.4 Å². The second-order valence-electron chi connectivity index (χ2n) is 10.7. The fraction of sp³-hybridized carbons (Fsp3) is 0.600. The van der Waals surface area contributed by atoms with Crippen LogP contribution in [-0.4, -0.2) is 106 Å². The third kappa shape index (κ3) is 6.43. The molecule has 0 bridgehead atoms. The van der Waals surface area contributed by atoms with E-state index in [0.29, 0.717) is 57.0 Å². The maximum atomic E-state index is 13.3. The molecule has 3 atom stereocenters. The molecule has 1 aromatic heterocycles. The van der Waals surface area contributed by atoms with Gasteiger partial charge < -0.3 is 9.80 Å². The van der Waals surface area contributed by atoms with Crippen LogP contribution in [0.4, 0.5) is 0 Å². The summed E-state index contributed by atoms with van der Waals surface area (Å²) < 4.78 is 53.5. The first-order chi connectivity index (χ1) is 18.4. The first kappa shape index (κ1) is 28.7. The summed E-state index contributed by atoms with van der Waals surface area (Å²) in [5, 5.41) is 0.870. The number of hydrogen-bond donors (Lipinski definition) is 1. The van der Waals surface area contributed by atoms with Gasteiger partial charge in [-0.05, 0) is 68.3 Å². The lowest BCUT2D eigenvalue weighted by Gasteiger charge is -2.34. The summed E-state index contributed by atoms with van der Waals surface area (Å²) in [6.45, 7) is 2.69. The summed E-state index contributed by atoms with van der Waals surface area (Å²) in [7, 11) is -7.03. The molecule has 3 saturated heterocycles. The van der Waals surface area contributed by atoms with Crippen molar-refractivity contribution in [2.45, 2.75) is 53.6 Å². The topological polar surface area (TPSA) is 124 Å². The molecule has 0 radical (unpaired) electrons. The van der Waals surface area contributed by atoms with Gasteiger partial charge in [0.2, 0.25) is 11.8 Å². The predicted octanol–water partition coefficient (Wildman–Crippen LogP) is 1.93. The molecule has 2 aromatic rings. The maximum absolute atomic E-state index is 13.3. The highest BCUT2D eigenvalue weighted by molar-refractivity contribution is 7.92. The Labute approximate surface area is 238 Å². The van der Waals surface area contributed by atoms with E-state index in [1.54, 1.807) is 29.2 Å². The van der Waals surface area contributed by atoms with E-state index in [9.17, 15) is 26.4 Å². The molecule has 39 heavy (non-hydrogen) atoms. The van der Waals surface area contributed by atoms with Gasteiger partial charge >= 0.3 is 0 Å². The Morgan fingerprint density at radius 3 is 2.59 bits per heavy atom. The number of nitrogens with one attached hydrogen (secondary N) is 1. The predicted molar refractivity (Wildman–Crippen MR) is 151 cm³/mol. The zero-order valence-corrected chi connectivity index (χ0v) is 24.9. The van der Waals surface area contributed by atoms with Crippen LogP contribution in [0.15, 0.2) is 28.5 Å². The second kappa shape index (κ2) is 11.2. The van der Waals surface area contributed by atoms with Crippen molar-refractivity contribution in [3.05, 3.63) is 29.3 Å². The molecule has 0 spiro atoms. The van der Waals surface area contributed by atoms with Crippen LogP contribution in [0.2, 0.25) is 5.02 Å². The van der Waals surface area contributed by atoms with Gasteiger partial charge in [-0.25, -0.2) is 16.8 Å². The molecule has 14 heteroatoms. The summed E-state index contributed by atoms with van der Waals surface area (Å²) >= 11 is 7.14. The average molecular weight is 617 g/mol.